The first kappa shape index (κ1) is 13.6. The summed E-state index contributed by atoms with van der Waals surface area (Å²) in [4.78, 5) is 26.0. The average Bonchev–Trinajstić information content (AvgIpc) is 2.78. The van der Waals surface area contributed by atoms with Crippen molar-refractivity contribution in [3.63, 3.8) is 0 Å². The summed E-state index contributed by atoms with van der Waals surface area (Å²) in [7, 11) is 1.74. The van der Waals surface area contributed by atoms with Gasteiger partial charge < -0.3 is 14.4 Å². The minimum absolute atomic E-state index is 0.0187. The summed E-state index contributed by atoms with van der Waals surface area (Å²) >= 11 is 0. The molecule has 0 bridgehead atoms. The molecular weight excluding hydrogens is 248 g/mol. The first-order valence-corrected chi connectivity index (χ1v) is 6.25. The molecule has 1 aromatic heterocycles. The fourth-order valence-electron chi connectivity index (χ4n) is 2.22. The van der Waals surface area contributed by atoms with E-state index in [1.54, 1.807) is 24.3 Å². The van der Waals surface area contributed by atoms with E-state index in [9.17, 15) is 9.59 Å². The van der Waals surface area contributed by atoms with Crippen LogP contribution in [-0.2, 0) is 16.1 Å². The molecule has 6 nitrogen and oxygen atoms in total. The van der Waals surface area contributed by atoms with Gasteiger partial charge in [0, 0.05) is 20.1 Å². The van der Waals surface area contributed by atoms with Crippen LogP contribution in [0.4, 0.5) is 0 Å². The molecule has 0 atom stereocenters. The average molecular weight is 266 g/mol. The summed E-state index contributed by atoms with van der Waals surface area (Å²) in [5.74, 6) is 0.181. The van der Waals surface area contributed by atoms with Gasteiger partial charge in [-0.1, -0.05) is 0 Å². The van der Waals surface area contributed by atoms with Gasteiger partial charge in [0.25, 0.3) is 0 Å². The fraction of sp³-hybridized carbons (Fsp3) is 0.538. The number of likely N-dealkylation sites (tertiary alicyclic amines) is 1. The van der Waals surface area contributed by atoms with Crippen LogP contribution in [0.3, 0.4) is 0 Å². The normalized spacial score (nSPS) is 16.1. The summed E-state index contributed by atoms with van der Waals surface area (Å²) in [5.41, 5.74) is 0. The molecule has 1 fully saturated rings. The number of carbonyl (C=O) groups is 2. The SMILES string of the molecule is CN(Cc1ccco1)C(=O)CN1CC(CC(=O)O)C1. The van der Waals surface area contributed by atoms with Crippen LogP contribution < -0.4 is 0 Å². The Kier molecular flexibility index (Phi) is 4.21. The van der Waals surface area contributed by atoms with Crippen LogP contribution >= 0.6 is 0 Å². The molecule has 1 saturated heterocycles. The van der Waals surface area contributed by atoms with E-state index in [2.05, 4.69) is 0 Å². The first-order chi connectivity index (χ1) is 9.04. The maximum atomic E-state index is 11.9. The van der Waals surface area contributed by atoms with Crippen LogP contribution in [0.5, 0.6) is 0 Å². The highest BCUT2D eigenvalue weighted by atomic mass is 16.4. The molecule has 0 aromatic carbocycles. The van der Waals surface area contributed by atoms with Crippen molar-refractivity contribution in [2.24, 2.45) is 5.92 Å². The molecule has 1 aromatic rings. The van der Waals surface area contributed by atoms with Crippen LogP contribution in [-0.4, -0.2) is 53.5 Å². The second-order valence-corrected chi connectivity index (χ2v) is 4.99. The molecule has 1 aliphatic heterocycles. The molecule has 19 heavy (non-hydrogen) atoms. The number of amides is 1. The zero-order valence-electron chi connectivity index (χ0n) is 10.9. The van der Waals surface area contributed by atoms with Gasteiger partial charge in [-0.05, 0) is 18.1 Å². The third kappa shape index (κ3) is 3.82. The molecule has 0 saturated carbocycles. The third-order valence-electron chi connectivity index (χ3n) is 3.25. The van der Waals surface area contributed by atoms with E-state index in [0.717, 1.165) is 5.76 Å². The Balaban J connectivity index is 1.69. The molecule has 0 radical (unpaired) electrons. The van der Waals surface area contributed by atoms with E-state index >= 15 is 0 Å². The van der Waals surface area contributed by atoms with Gasteiger partial charge in [0.2, 0.25) is 5.91 Å². The van der Waals surface area contributed by atoms with E-state index in [-0.39, 0.29) is 18.2 Å². The van der Waals surface area contributed by atoms with E-state index in [1.807, 2.05) is 11.0 Å². The molecule has 1 N–H and O–H groups in total. The number of carboxylic acid groups (broad SMARTS) is 1. The van der Waals surface area contributed by atoms with Gasteiger partial charge in [-0.25, -0.2) is 0 Å². The lowest BCUT2D eigenvalue weighted by molar-refractivity contribution is -0.140. The van der Waals surface area contributed by atoms with Crippen molar-refractivity contribution in [3.8, 4) is 0 Å². The molecule has 1 aliphatic rings. The van der Waals surface area contributed by atoms with Crippen LogP contribution in [0, 0.1) is 5.92 Å². The monoisotopic (exact) mass is 266 g/mol. The lowest BCUT2D eigenvalue weighted by Gasteiger charge is -2.38. The minimum atomic E-state index is -0.772. The van der Waals surface area contributed by atoms with Gasteiger partial charge in [-0.15, -0.1) is 0 Å². The number of nitrogens with zero attached hydrogens (tertiary/aromatic N) is 2. The van der Waals surface area contributed by atoms with Gasteiger partial charge in [0.05, 0.1) is 25.8 Å². The lowest BCUT2D eigenvalue weighted by atomic mass is 9.96. The molecule has 1 amide bonds. The van der Waals surface area contributed by atoms with Crippen molar-refractivity contribution in [2.45, 2.75) is 13.0 Å². The predicted octanol–water partition coefficient (Wildman–Crippen LogP) is 0.645. The van der Waals surface area contributed by atoms with Crippen LogP contribution in [0.25, 0.3) is 0 Å². The lowest BCUT2D eigenvalue weighted by Crippen LogP contribution is -2.51. The van der Waals surface area contributed by atoms with Crippen molar-refractivity contribution >= 4 is 11.9 Å². The number of rotatable bonds is 6. The molecule has 0 unspecified atom stereocenters. The second-order valence-electron chi connectivity index (χ2n) is 4.99. The Hall–Kier alpha value is -1.82. The summed E-state index contributed by atoms with van der Waals surface area (Å²) < 4.78 is 5.19. The van der Waals surface area contributed by atoms with Gasteiger partial charge in [0.1, 0.15) is 5.76 Å². The molecule has 104 valence electrons. The highest BCUT2D eigenvalue weighted by molar-refractivity contribution is 5.78. The Morgan fingerprint density at radius 3 is 2.84 bits per heavy atom. The standard InChI is InChI=1S/C13H18N2O4/c1-14(8-11-3-2-4-19-11)12(16)9-15-6-10(7-15)5-13(17)18/h2-4,10H,5-9H2,1H3,(H,17,18). The first-order valence-electron chi connectivity index (χ1n) is 6.25. The Morgan fingerprint density at radius 1 is 1.53 bits per heavy atom. The van der Waals surface area contributed by atoms with Gasteiger partial charge in [-0.3, -0.25) is 14.5 Å². The van der Waals surface area contributed by atoms with Gasteiger partial charge >= 0.3 is 5.97 Å². The highest BCUT2D eigenvalue weighted by Crippen LogP contribution is 2.18. The Labute approximate surface area is 111 Å². The molecular formula is C13H18N2O4. The zero-order valence-corrected chi connectivity index (χ0v) is 10.9. The van der Waals surface area contributed by atoms with E-state index in [1.165, 1.54) is 0 Å². The smallest absolute Gasteiger partial charge is 0.303 e. The van der Waals surface area contributed by atoms with Crippen molar-refractivity contribution in [1.29, 1.82) is 0 Å². The quantitative estimate of drug-likeness (QED) is 0.818. The Morgan fingerprint density at radius 2 is 2.26 bits per heavy atom. The maximum Gasteiger partial charge on any atom is 0.303 e. The van der Waals surface area contributed by atoms with Crippen molar-refractivity contribution in [2.75, 3.05) is 26.7 Å². The van der Waals surface area contributed by atoms with Crippen molar-refractivity contribution in [3.05, 3.63) is 24.2 Å². The van der Waals surface area contributed by atoms with Gasteiger partial charge in [0.15, 0.2) is 0 Å². The number of likely N-dealkylation sites (N-methyl/N-ethyl adjacent to an activating group) is 1. The van der Waals surface area contributed by atoms with E-state index in [4.69, 9.17) is 9.52 Å². The number of aliphatic carboxylic acids is 1. The number of furan rings is 1. The molecule has 2 rings (SSSR count). The van der Waals surface area contributed by atoms with E-state index in [0.29, 0.717) is 26.2 Å². The van der Waals surface area contributed by atoms with Crippen molar-refractivity contribution < 1.29 is 19.1 Å². The van der Waals surface area contributed by atoms with Crippen LogP contribution in [0.2, 0.25) is 0 Å². The summed E-state index contributed by atoms with van der Waals surface area (Å²) in [6, 6.07) is 3.62. The Bertz CT molecular complexity index is 438. The van der Waals surface area contributed by atoms with Gasteiger partial charge in [-0.2, -0.15) is 0 Å². The number of carbonyl (C=O) groups excluding carboxylic acids is 1. The predicted molar refractivity (Wildman–Crippen MR) is 67.4 cm³/mol. The van der Waals surface area contributed by atoms with Crippen LogP contribution in [0.15, 0.2) is 22.8 Å². The number of carboxylic acids is 1. The third-order valence-corrected chi connectivity index (χ3v) is 3.25. The molecule has 0 aliphatic carbocycles. The van der Waals surface area contributed by atoms with Crippen LogP contribution in [0.1, 0.15) is 12.2 Å². The maximum absolute atomic E-state index is 11.9. The molecule has 2 heterocycles. The molecule has 0 spiro atoms. The topological polar surface area (TPSA) is 74.0 Å². The number of hydrogen-bond donors (Lipinski definition) is 1. The largest absolute Gasteiger partial charge is 0.481 e. The van der Waals surface area contributed by atoms with E-state index < -0.39 is 5.97 Å². The summed E-state index contributed by atoms with van der Waals surface area (Å²) in [6.07, 6.45) is 1.77. The highest BCUT2D eigenvalue weighted by Gasteiger charge is 2.30. The summed E-state index contributed by atoms with van der Waals surface area (Å²) in [6.45, 7) is 2.17. The number of hydrogen-bond acceptors (Lipinski definition) is 4. The minimum Gasteiger partial charge on any atom is -0.481 e. The second kappa shape index (κ2) is 5.88. The zero-order chi connectivity index (χ0) is 13.8. The molecule has 6 heteroatoms. The summed E-state index contributed by atoms with van der Waals surface area (Å²) in [5, 5.41) is 8.64. The fourth-order valence-corrected chi connectivity index (χ4v) is 2.22. The van der Waals surface area contributed by atoms with Crippen molar-refractivity contribution in [1.82, 2.24) is 9.80 Å².